The second-order valence-electron chi connectivity index (χ2n) is 4.03. The fourth-order valence-electron chi connectivity index (χ4n) is 1.81. The van der Waals surface area contributed by atoms with E-state index in [1.807, 2.05) is 17.8 Å². The molecule has 5 heteroatoms. The molecule has 3 nitrogen and oxygen atoms in total. The molecule has 0 spiro atoms. The molecule has 1 saturated heterocycles. The third-order valence-corrected chi connectivity index (χ3v) is 4.78. The molecule has 1 atom stereocenters. The molecule has 17 heavy (non-hydrogen) atoms. The molecule has 2 rings (SSSR count). The molecule has 1 aromatic rings. The van der Waals surface area contributed by atoms with E-state index in [1.54, 1.807) is 12.3 Å². The Morgan fingerprint density at radius 1 is 1.59 bits per heavy atom. The standard InChI is InChI=1S/C12H15BrN2OS/c13-10-5-3-6-14-11(10)12(16)15-8-9-4-1-2-7-17-9/h3,5-6,9H,1-2,4,7-8H2,(H,15,16). The van der Waals surface area contributed by atoms with Gasteiger partial charge >= 0.3 is 0 Å². The minimum absolute atomic E-state index is 0.0938. The Balaban J connectivity index is 1.87. The van der Waals surface area contributed by atoms with Crippen LogP contribution in [0.1, 0.15) is 29.8 Å². The van der Waals surface area contributed by atoms with Gasteiger partial charge in [0, 0.05) is 22.5 Å². The fourth-order valence-corrected chi connectivity index (χ4v) is 3.49. The van der Waals surface area contributed by atoms with Crippen LogP contribution in [-0.4, -0.2) is 28.4 Å². The Bertz CT molecular complexity index is 394. The van der Waals surface area contributed by atoms with E-state index < -0.39 is 0 Å². The van der Waals surface area contributed by atoms with Crippen LogP contribution in [0, 0.1) is 0 Å². The number of thioether (sulfide) groups is 1. The van der Waals surface area contributed by atoms with Gasteiger partial charge in [0.2, 0.25) is 0 Å². The minimum Gasteiger partial charge on any atom is -0.350 e. The lowest BCUT2D eigenvalue weighted by molar-refractivity contribution is 0.0947. The largest absolute Gasteiger partial charge is 0.350 e. The monoisotopic (exact) mass is 314 g/mol. The van der Waals surface area contributed by atoms with Gasteiger partial charge in [-0.3, -0.25) is 4.79 Å². The molecule has 1 fully saturated rings. The molecule has 0 aromatic carbocycles. The van der Waals surface area contributed by atoms with Crippen molar-refractivity contribution in [1.29, 1.82) is 0 Å². The van der Waals surface area contributed by atoms with E-state index >= 15 is 0 Å². The zero-order valence-corrected chi connectivity index (χ0v) is 11.9. The van der Waals surface area contributed by atoms with Crippen molar-refractivity contribution in [3.8, 4) is 0 Å². The number of carbonyl (C=O) groups is 1. The zero-order chi connectivity index (χ0) is 12.1. The molecule has 0 bridgehead atoms. The number of rotatable bonds is 3. The summed E-state index contributed by atoms with van der Waals surface area (Å²) in [5.41, 5.74) is 0.466. The molecule has 92 valence electrons. The van der Waals surface area contributed by atoms with E-state index in [-0.39, 0.29) is 5.91 Å². The average Bonchev–Trinajstić information content (AvgIpc) is 2.38. The summed E-state index contributed by atoms with van der Waals surface area (Å²) in [7, 11) is 0. The van der Waals surface area contributed by atoms with Gasteiger partial charge in [-0.2, -0.15) is 11.8 Å². The Labute approximate surface area is 114 Å². The lowest BCUT2D eigenvalue weighted by Gasteiger charge is -2.21. The van der Waals surface area contributed by atoms with Crippen molar-refractivity contribution in [2.45, 2.75) is 24.5 Å². The summed E-state index contributed by atoms with van der Waals surface area (Å²) in [5, 5.41) is 3.52. The lowest BCUT2D eigenvalue weighted by atomic mass is 10.2. The lowest BCUT2D eigenvalue weighted by Crippen LogP contribution is -2.32. The first-order valence-corrected chi connectivity index (χ1v) is 7.62. The Morgan fingerprint density at radius 3 is 3.18 bits per heavy atom. The number of hydrogen-bond acceptors (Lipinski definition) is 3. The highest BCUT2D eigenvalue weighted by Gasteiger charge is 2.16. The molecule has 1 aromatic heterocycles. The number of aromatic nitrogens is 1. The summed E-state index contributed by atoms with van der Waals surface area (Å²) >= 11 is 5.29. The number of nitrogens with one attached hydrogen (secondary N) is 1. The van der Waals surface area contributed by atoms with E-state index in [9.17, 15) is 4.79 Å². The van der Waals surface area contributed by atoms with Crippen molar-refractivity contribution < 1.29 is 4.79 Å². The van der Waals surface area contributed by atoms with Crippen LogP contribution in [0.4, 0.5) is 0 Å². The summed E-state index contributed by atoms with van der Waals surface area (Å²) < 4.78 is 0.744. The van der Waals surface area contributed by atoms with Gasteiger partial charge < -0.3 is 5.32 Å². The summed E-state index contributed by atoms with van der Waals surface area (Å²) in [6.45, 7) is 0.743. The Morgan fingerprint density at radius 2 is 2.47 bits per heavy atom. The van der Waals surface area contributed by atoms with Crippen LogP contribution >= 0.6 is 27.7 Å². The number of halogens is 1. The van der Waals surface area contributed by atoms with E-state index in [0.29, 0.717) is 10.9 Å². The summed E-state index contributed by atoms with van der Waals surface area (Å²) in [6.07, 6.45) is 5.42. The molecule has 1 N–H and O–H groups in total. The van der Waals surface area contributed by atoms with Crippen LogP contribution in [0.5, 0.6) is 0 Å². The van der Waals surface area contributed by atoms with Crippen LogP contribution in [0.2, 0.25) is 0 Å². The molecule has 2 heterocycles. The van der Waals surface area contributed by atoms with Crippen LogP contribution in [0.25, 0.3) is 0 Å². The number of amides is 1. The second kappa shape index (κ2) is 6.40. The number of pyridine rings is 1. The summed E-state index contributed by atoms with van der Waals surface area (Å²) in [4.78, 5) is 16.0. The van der Waals surface area contributed by atoms with Crippen molar-refractivity contribution in [1.82, 2.24) is 10.3 Å². The van der Waals surface area contributed by atoms with Gasteiger partial charge in [0.1, 0.15) is 5.69 Å². The van der Waals surface area contributed by atoms with Gasteiger partial charge in [-0.1, -0.05) is 6.42 Å². The van der Waals surface area contributed by atoms with Gasteiger partial charge in [0.25, 0.3) is 5.91 Å². The molecule has 0 radical (unpaired) electrons. The third kappa shape index (κ3) is 3.71. The molecular formula is C12H15BrN2OS. The van der Waals surface area contributed by atoms with Crippen LogP contribution in [0.3, 0.4) is 0 Å². The fraction of sp³-hybridized carbons (Fsp3) is 0.500. The van der Waals surface area contributed by atoms with Gasteiger partial charge in [0.05, 0.1) is 0 Å². The van der Waals surface area contributed by atoms with Gasteiger partial charge in [-0.25, -0.2) is 4.98 Å². The number of carbonyl (C=O) groups excluding carboxylic acids is 1. The van der Waals surface area contributed by atoms with Crippen molar-refractivity contribution in [3.63, 3.8) is 0 Å². The van der Waals surface area contributed by atoms with Crippen LogP contribution in [-0.2, 0) is 0 Å². The van der Waals surface area contributed by atoms with E-state index in [4.69, 9.17) is 0 Å². The van der Waals surface area contributed by atoms with Crippen LogP contribution in [0.15, 0.2) is 22.8 Å². The predicted octanol–water partition coefficient (Wildman–Crippen LogP) is 2.86. The second-order valence-corrected chi connectivity index (χ2v) is 6.30. The molecule has 0 aliphatic carbocycles. The quantitative estimate of drug-likeness (QED) is 0.932. The minimum atomic E-state index is -0.0938. The summed E-state index contributed by atoms with van der Waals surface area (Å²) in [5.74, 6) is 1.12. The SMILES string of the molecule is O=C(NCC1CCCCS1)c1ncccc1Br. The maximum atomic E-state index is 11.9. The maximum absolute atomic E-state index is 11.9. The normalized spacial score (nSPS) is 19.9. The van der Waals surface area contributed by atoms with Crippen LogP contribution < -0.4 is 5.32 Å². The third-order valence-electron chi connectivity index (χ3n) is 2.74. The first-order chi connectivity index (χ1) is 8.27. The smallest absolute Gasteiger partial charge is 0.271 e. The number of nitrogens with zero attached hydrogens (tertiary/aromatic N) is 1. The molecule has 1 aliphatic heterocycles. The van der Waals surface area contributed by atoms with Gasteiger partial charge in [-0.15, -0.1) is 0 Å². The first-order valence-electron chi connectivity index (χ1n) is 5.77. The van der Waals surface area contributed by atoms with E-state index in [2.05, 4.69) is 26.2 Å². The molecule has 1 aliphatic rings. The Kier molecular flexibility index (Phi) is 4.86. The van der Waals surface area contributed by atoms with E-state index in [0.717, 1.165) is 11.0 Å². The van der Waals surface area contributed by atoms with Crippen molar-refractivity contribution in [3.05, 3.63) is 28.5 Å². The van der Waals surface area contributed by atoms with E-state index in [1.165, 1.54) is 25.0 Å². The first kappa shape index (κ1) is 12.9. The highest BCUT2D eigenvalue weighted by molar-refractivity contribution is 9.10. The average molecular weight is 315 g/mol. The molecule has 1 unspecified atom stereocenters. The molecular weight excluding hydrogens is 300 g/mol. The van der Waals surface area contributed by atoms with Gasteiger partial charge in [0.15, 0.2) is 0 Å². The molecule has 1 amide bonds. The highest BCUT2D eigenvalue weighted by atomic mass is 79.9. The van der Waals surface area contributed by atoms with Crippen molar-refractivity contribution in [2.24, 2.45) is 0 Å². The zero-order valence-electron chi connectivity index (χ0n) is 9.49. The van der Waals surface area contributed by atoms with Crippen molar-refractivity contribution in [2.75, 3.05) is 12.3 Å². The van der Waals surface area contributed by atoms with Gasteiger partial charge in [-0.05, 0) is 46.7 Å². The predicted molar refractivity (Wildman–Crippen MR) is 74.4 cm³/mol. The highest BCUT2D eigenvalue weighted by Crippen LogP contribution is 2.24. The maximum Gasteiger partial charge on any atom is 0.271 e. The van der Waals surface area contributed by atoms with Crippen molar-refractivity contribution >= 4 is 33.6 Å². The molecule has 0 saturated carbocycles. The topological polar surface area (TPSA) is 42.0 Å². The number of hydrogen-bond donors (Lipinski definition) is 1. The Hall–Kier alpha value is -0.550. The summed E-state index contributed by atoms with van der Waals surface area (Å²) in [6, 6.07) is 3.63.